The van der Waals surface area contributed by atoms with Crippen LogP contribution in [0, 0.1) is 13.8 Å². The van der Waals surface area contributed by atoms with Crippen molar-refractivity contribution in [2.45, 2.75) is 57.9 Å². The Labute approximate surface area is 204 Å². The van der Waals surface area contributed by atoms with Crippen LogP contribution in [0.25, 0.3) is 5.82 Å². The van der Waals surface area contributed by atoms with Crippen LogP contribution in [0.3, 0.4) is 0 Å². The Morgan fingerprint density at radius 3 is 2.51 bits per heavy atom. The molecule has 1 fully saturated rings. The summed E-state index contributed by atoms with van der Waals surface area (Å²) in [4.78, 5) is 14.2. The third kappa shape index (κ3) is 4.05. The van der Waals surface area contributed by atoms with Crippen LogP contribution in [-0.4, -0.2) is 48.7 Å². The third-order valence-corrected chi connectivity index (χ3v) is 6.89. The Morgan fingerprint density at radius 2 is 1.71 bits per heavy atom. The van der Waals surface area contributed by atoms with Crippen molar-refractivity contribution >= 4 is 0 Å². The van der Waals surface area contributed by atoms with E-state index in [0.717, 1.165) is 48.1 Å². The molecule has 180 valence electrons. The molecule has 35 heavy (non-hydrogen) atoms. The Kier molecular flexibility index (Phi) is 5.27. The average molecular weight is 472 g/mol. The number of fused-ring (bicyclic) bond motifs is 1. The van der Waals surface area contributed by atoms with Crippen LogP contribution in [-0.2, 0) is 19.4 Å². The summed E-state index contributed by atoms with van der Waals surface area (Å²) in [5.41, 5.74) is 4.67. The number of benzene rings is 1. The van der Waals surface area contributed by atoms with E-state index < -0.39 is 0 Å². The summed E-state index contributed by atoms with van der Waals surface area (Å²) >= 11 is 0. The molecule has 1 saturated carbocycles. The van der Waals surface area contributed by atoms with E-state index in [-0.39, 0.29) is 0 Å². The summed E-state index contributed by atoms with van der Waals surface area (Å²) in [7, 11) is 3.28. The van der Waals surface area contributed by atoms with Gasteiger partial charge in [-0.2, -0.15) is 9.78 Å². The summed E-state index contributed by atoms with van der Waals surface area (Å²) < 4.78 is 14.8. The van der Waals surface area contributed by atoms with Gasteiger partial charge in [-0.25, -0.2) is 15.0 Å². The largest absolute Gasteiger partial charge is 0.493 e. The van der Waals surface area contributed by atoms with E-state index in [1.807, 2.05) is 36.7 Å². The topological polar surface area (TPSA) is 92.8 Å². The molecule has 0 N–H and O–H groups in total. The van der Waals surface area contributed by atoms with Gasteiger partial charge in [0, 0.05) is 36.6 Å². The second kappa shape index (κ2) is 8.48. The molecule has 0 radical (unpaired) electrons. The second-order valence-electron chi connectivity index (χ2n) is 9.39. The lowest BCUT2D eigenvalue weighted by atomic mass is 10.1. The lowest BCUT2D eigenvalue weighted by Gasteiger charge is -2.11. The number of ether oxygens (including phenoxy) is 2. The zero-order valence-electron chi connectivity index (χ0n) is 20.5. The molecular weight excluding hydrogens is 442 g/mol. The SMILES string of the molecule is COc1ccc(Cc2nc(C)nn2-c2cc([C@@H]3C[C@H]3c3cc4n(n3)CCC4)nc(C)n2)cc1OC. The molecule has 0 unspecified atom stereocenters. The van der Waals surface area contributed by atoms with Gasteiger partial charge in [0.05, 0.1) is 25.6 Å². The van der Waals surface area contributed by atoms with E-state index in [1.54, 1.807) is 14.2 Å². The maximum absolute atomic E-state index is 5.47. The van der Waals surface area contributed by atoms with Gasteiger partial charge in [-0.15, -0.1) is 5.10 Å². The maximum atomic E-state index is 5.47. The van der Waals surface area contributed by atoms with Crippen molar-refractivity contribution in [1.29, 1.82) is 0 Å². The lowest BCUT2D eigenvalue weighted by Crippen LogP contribution is -2.09. The second-order valence-corrected chi connectivity index (χ2v) is 9.39. The normalized spacial score (nSPS) is 18.5. The number of hydrogen-bond acceptors (Lipinski definition) is 7. The predicted octanol–water partition coefficient (Wildman–Crippen LogP) is 3.70. The smallest absolute Gasteiger partial charge is 0.161 e. The molecule has 9 heteroatoms. The molecule has 4 heterocycles. The summed E-state index contributed by atoms with van der Waals surface area (Å²) in [6, 6.07) is 10.3. The van der Waals surface area contributed by atoms with Crippen LogP contribution in [0.5, 0.6) is 11.5 Å². The van der Waals surface area contributed by atoms with E-state index in [2.05, 4.69) is 21.9 Å². The van der Waals surface area contributed by atoms with Crippen LogP contribution in [0.2, 0.25) is 0 Å². The van der Waals surface area contributed by atoms with Crippen molar-refractivity contribution in [3.8, 4) is 17.3 Å². The number of hydrogen-bond donors (Lipinski definition) is 0. The summed E-state index contributed by atoms with van der Waals surface area (Å²) in [5.74, 6) is 5.20. The molecule has 6 rings (SSSR count). The van der Waals surface area contributed by atoms with Crippen molar-refractivity contribution in [2.24, 2.45) is 0 Å². The first kappa shape index (κ1) is 21.8. The Morgan fingerprint density at radius 1 is 0.886 bits per heavy atom. The third-order valence-electron chi connectivity index (χ3n) is 6.89. The molecule has 1 aromatic carbocycles. The van der Waals surface area contributed by atoms with Gasteiger partial charge in [-0.3, -0.25) is 4.68 Å². The fourth-order valence-corrected chi connectivity index (χ4v) is 5.12. The van der Waals surface area contributed by atoms with E-state index in [0.29, 0.717) is 35.6 Å². The molecule has 0 saturated heterocycles. The van der Waals surface area contributed by atoms with Crippen LogP contribution < -0.4 is 9.47 Å². The Bertz CT molecular complexity index is 1390. The monoisotopic (exact) mass is 471 g/mol. The quantitative estimate of drug-likeness (QED) is 0.406. The average Bonchev–Trinajstić information content (AvgIpc) is 3.14. The van der Waals surface area contributed by atoms with Gasteiger partial charge in [0.1, 0.15) is 17.5 Å². The van der Waals surface area contributed by atoms with E-state index in [1.165, 1.54) is 17.8 Å². The highest BCUT2D eigenvalue weighted by atomic mass is 16.5. The number of nitrogens with zero attached hydrogens (tertiary/aromatic N) is 7. The number of aryl methyl sites for hydroxylation is 4. The van der Waals surface area contributed by atoms with Gasteiger partial charge in [0.2, 0.25) is 0 Å². The van der Waals surface area contributed by atoms with Crippen LogP contribution in [0.15, 0.2) is 30.3 Å². The van der Waals surface area contributed by atoms with Crippen molar-refractivity contribution in [3.05, 3.63) is 70.5 Å². The standard InChI is InChI=1S/C26H29N7O2/c1-15-27-21(19-13-20(19)22-12-18-6-5-9-32(18)31-22)14-26(28-15)33-25(29-16(2)30-33)11-17-7-8-23(34-3)24(10-17)35-4/h7-8,10,12,14,19-20H,5-6,9,11,13H2,1-4H3/t19-,20-/m1/s1. The minimum Gasteiger partial charge on any atom is -0.493 e. The number of methoxy groups -OCH3 is 2. The van der Waals surface area contributed by atoms with E-state index >= 15 is 0 Å². The van der Waals surface area contributed by atoms with Crippen molar-refractivity contribution in [1.82, 2.24) is 34.5 Å². The molecule has 1 aliphatic carbocycles. The number of aromatic nitrogens is 7. The molecule has 9 nitrogen and oxygen atoms in total. The van der Waals surface area contributed by atoms with E-state index in [4.69, 9.17) is 29.5 Å². The zero-order valence-corrected chi connectivity index (χ0v) is 20.5. The van der Waals surface area contributed by atoms with Gasteiger partial charge in [-0.1, -0.05) is 6.07 Å². The van der Waals surface area contributed by atoms with Crippen molar-refractivity contribution in [3.63, 3.8) is 0 Å². The van der Waals surface area contributed by atoms with Crippen LogP contribution >= 0.6 is 0 Å². The van der Waals surface area contributed by atoms with Gasteiger partial charge in [-0.05, 0) is 56.9 Å². The minimum absolute atomic E-state index is 0.366. The van der Waals surface area contributed by atoms with Gasteiger partial charge >= 0.3 is 0 Å². The molecule has 2 atom stereocenters. The predicted molar refractivity (Wildman–Crippen MR) is 129 cm³/mol. The zero-order chi connectivity index (χ0) is 24.1. The fourth-order valence-electron chi connectivity index (χ4n) is 5.12. The number of rotatable bonds is 7. The molecule has 2 aliphatic rings. The molecule has 3 aromatic heterocycles. The first-order chi connectivity index (χ1) is 17.0. The first-order valence-electron chi connectivity index (χ1n) is 12.1. The maximum Gasteiger partial charge on any atom is 0.161 e. The molecule has 0 amide bonds. The molecule has 4 aromatic rings. The van der Waals surface area contributed by atoms with Gasteiger partial charge in [0.25, 0.3) is 0 Å². The highest BCUT2D eigenvalue weighted by molar-refractivity contribution is 5.44. The van der Waals surface area contributed by atoms with Crippen molar-refractivity contribution in [2.75, 3.05) is 14.2 Å². The highest BCUT2D eigenvalue weighted by Crippen LogP contribution is 2.54. The van der Waals surface area contributed by atoms with Crippen LogP contribution in [0.1, 0.15) is 64.8 Å². The first-order valence-corrected chi connectivity index (χ1v) is 12.1. The highest BCUT2D eigenvalue weighted by Gasteiger charge is 2.43. The Hall–Kier alpha value is -3.75. The minimum atomic E-state index is 0.366. The molecular formula is C26H29N7O2. The summed E-state index contributed by atoms with van der Waals surface area (Å²) in [5, 5.41) is 9.52. The summed E-state index contributed by atoms with van der Waals surface area (Å²) in [6.45, 7) is 4.88. The molecule has 0 spiro atoms. The van der Waals surface area contributed by atoms with Crippen molar-refractivity contribution < 1.29 is 9.47 Å². The van der Waals surface area contributed by atoms with Gasteiger partial charge in [0.15, 0.2) is 17.3 Å². The lowest BCUT2D eigenvalue weighted by molar-refractivity contribution is 0.354. The van der Waals surface area contributed by atoms with Crippen LogP contribution in [0.4, 0.5) is 0 Å². The van der Waals surface area contributed by atoms with E-state index in [9.17, 15) is 0 Å². The van der Waals surface area contributed by atoms with Gasteiger partial charge < -0.3 is 9.47 Å². The Balaban J connectivity index is 1.28. The fraction of sp³-hybridized carbons (Fsp3) is 0.423. The summed E-state index contributed by atoms with van der Waals surface area (Å²) in [6.07, 6.45) is 4.00. The molecule has 0 bridgehead atoms. The molecule has 1 aliphatic heterocycles.